The molecule has 0 spiro atoms. The van der Waals surface area contributed by atoms with Gasteiger partial charge in [0.25, 0.3) is 0 Å². The van der Waals surface area contributed by atoms with Crippen molar-refractivity contribution < 1.29 is 10.2 Å². The van der Waals surface area contributed by atoms with E-state index < -0.39 is 5.41 Å². The van der Waals surface area contributed by atoms with Gasteiger partial charge in [0.2, 0.25) is 0 Å². The molecule has 1 atom stereocenters. The van der Waals surface area contributed by atoms with Crippen LogP contribution in [0.3, 0.4) is 0 Å². The van der Waals surface area contributed by atoms with Gasteiger partial charge in [0, 0.05) is 11.0 Å². The van der Waals surface area contributed by atoms with Crippen molar-refractivity contribution in [3.05, 3.63) is 65.2 Å². The minimum absolute atomic E-state index is 0.0384. The first-order valence-electron chi connectivity index (χ1n) is 7.61. The van der Waals surface area contributed by atoms with Crippen LogP contribution in [0.5, 0.6) is 5.75 Å². The SMILES string of the molecule is Cc1ccccc1C(CO)(CCN(C)C)c1ccccc1O. The number of aliphatic hydroxyl groups excluding tert-OH is 1. The van der Waals surface area contributed by atoms with E-state index >= 15 is 0 Å². The van der Waals surface area contributed by atoms with Gasteiger partial charge < -0.3 is 15.1 Å². The van der Waals surface area contributed by atoms with Crippen LogP contribution in [0.1, 0.15) is 23.1 Å². The van der Waals surface area contributed by atoms with E-state index in [1.807, 2.05) is 50.5 Å². The van der Waals surface area contributed by atoms with Gasteiger partial charge in [0.15, 0.2) is 0 Å². The van der Waals surface area contributed by atoms with Crippen LogP contribution in [-0.2, 0) is 5.41 Å². The first-order valence-corrected chi connectivity index (χ1v) is 7.61. The molecule has 0 radical (unpaired) electrons. The quantitative estimate of drug-likeness (QED) is 0.862. The molecule has 3 heteroatoms. The molecule has 2 rings (SSSR count). The second kappa shape index (κ2) is 6.95. The number of phenolic OH excluding ortho intramolecular Hbond substituents is 1. The lowest BCUT2D eigenvalue weighted by atomic mass is 9.70. The summed E-state index contributed by atoms with van der Waals surface area (Å²) in [4.78, 5) is 2.10. The average molecular weight is 299 g/mol. The molecule has 0 bridgehead atoms. The average Bonchev–Trinajstić information content (AvgIpc) is 2.51. The van der Waals surface area contributed by atoms with Crippen molar-refractivity contribution in [3.63, 3.8) is 0 Å². The van der Waals surface area contributed by atoms with Crippen molar-refractivity contribution in [1.29, 1.82) is 0 Å². The number of rotatable bonds is 6. The van der Waals surface area contributed by atoms with Crippen LogP contribution < -0.4 is 0 Å². The Morgan fingerprint density at radius 1 is 0.955 bits per heavy atom. The minimum atomic E-state index is -0.596. The second-order valence-corrected chi connectivity index (χ2v) is 6.13. The molecule has 0 heterocycles. The van der Waals surface area contributed by atoms with Crippen LogP contribution in [0.15, 0.2) is 48.5 Å². The highest BCUT2D eigenvalue weighted by atomic mass is 16.3. The van der Waals surface area contributed by atoms with E-state index in [9.17, 15) is 10.2 Å². The van der Waals surface area contributed by atoms with Crippen molar-refractivity contribution in [1.82, 2.24) is 4.90 Å². The summed E-state index contributed by atoms with van der Waals surface area (Å²) in [6, 6.07) is 15.4. The molecular weight excluding hydrogens is 274 g/mol. The Bertz CT molecular complexity index is 577. The predicted molar refractivity (Wildman–Crippen MR) is 90.3 cm³/mol. The number of benzene rings is 2. The molecule has 0 aromatic heterocycles. The molecule has 0 saturated carbocycles. The summed E-state index contributed by atoms with van der Waals surface area (Å²) >= 11 is 0. The van der Waals surface area contributed by atoms with Gasteiger partial charge >= 0.3 is 0 Å². The largest absolute Gasteiger partial charge is 0.508 e. The summed E-state index contributed by atoms with van der Waals surface area (Å²) in [5.41, 5.74) is 2.38. The van der Waals surface area contributed by atoms with Crippen LogP contribution in [-0.4, -0.2) is 42.4 Å². The summed E-state index contributed by atoms with van der Waals surface area (Å²) in [5, 5.41) is 20.7. The fraction of sp³-hybridized carbons (Fsp3) is 0.368. The molecule has 3 nitrogen and oxygen atoms in total. The molecule has 0 aliphatic carbocycles. The number of aromatic hydroxyl groups is 1. The van der Waals surface area contributed by atoms with Gasteiger partial charge in [-0.3, -0.25) is 0 Å². The highest BCUT2D eigenvalue weighted by Crippen LogP contribution is 2.41. The topological polar surface area (TPSA) is 43.7 Å². The number of hydrogen-bond donors (Lipinski definition) is 2. The second-order valence-electron chi connectivity index (χ2n) is 6.13. The third kappa shape index (κ3) is 3.16. The third-order valence-corrected chi connectivity index (χ3v) is 4.34. The maximum atomic E-state index is 10.4. The molecule has 1 unspecified atom stereocenters. The fourth-order valence-corrected chi connectivity index (χ4v) is 3.07. The van der Waals surface area contributed by atoms with Gasteiger partial charge in [-0.1, -0.05) is 42.5 Å². The highest BCUT2D eigenvalue weighted by molar-refractivity contribution is 5.49. The molecule has 0 saturated heterocycles. The molecule has 22 heavy (non-hydrogen) atoms. The van der Waals surface area contributed by atoms with Crippen molar-refractivity contribution in [2.24, 2.45) is 0 Å². The standard InChI is InChI=1S/C19H25NO2/c1-15-8-4-5-9-16(15)19(14-21,12-13-20(2)3)17-10-6-7-11-18(17)22/h4-11,21-22H,12-14H2,1-3H3. The van der Waals surface area contributed by atoms with Crippen molar-refractivity contribution in [3.8, 4) is 5.75 Å². The Labute approximate surface area is 132 Å². The zero-order chi connectivity index (χ0) is 16.2. The van der Waals surface area contributed by atoms with Crippen molar-refractivity contribution in [2.75, 3.05) is 27.2 Å². The van der Waals surface area contributed by atoms with E-state index in [0.717, 1.165) is 29.7 Å². The van der Waals surface area contributed by atoms with E-state index in [4.69, 9.17) is 0 Å². The number of para-hydroxylation sites is 1. The Morgan fingerprint density at radius 2 is 1.55 bits per heavy atom. The summed E-state index contributed by atoms with van der Waals surface area (Å²) in [7, 11) is 4.04. The molecule has 0 aliphatic rings. The third-order valence-electron chi connectivity index (χ3n) is 4.34. The Balaban J connectivity index is 2.62. The number of nitrogens with zero attached hydrogens (tertiary/aromatic N) is 1. The normalized spacial score (nSPS) is 14.0. The number of aryl methyl sites for hydroxylation is 1. The fourth-order valence-electron chi connectivity index (χ4n) is 3.07. The van der Waals surface area contributed by atoms with E-state index in [1.165, 1.54) is 0 Å². The number of hydrogen-bond acceptors (Lipinski definition) is 3. The van der Waals surface area contributed by atoms with E-state index in [0.29, 0.717) is 0 Å². The molecule has 0 fully saturated rings. The minimum Gasteiger partial charge on any atom is -0.508 e. The van der Waals surface area contributed by atoms with Crippen molar-refractivity contribution in [2.45, 2.75) is 18.8 Å². The molecule has 2 N–H and O–H groups in total. The maximum absolute atomic E-state index is 10.4. The lowest BCUT2D eigenvalue weighted by molar-refractivity contribution is 0.196. The molecule has 2 aromatic carbocycles. The zero-order valence-corrected chi connectivity index (χ0v) is 13.6. The molecule has 118 valence electrons. The first-order chi connectivity index (χ1) is 10.5. The maximum Gasteiger partial charge on any atom is 0.119 e. The van der Waals surface area contributed by atoms with Crippen LogP contribution in [0.2, 0.25) is 0 Å². The molecule has 0 aliphatic heterocycles. The van der Waals surface area contributed by atoms with Crippen LogP contribution in [0, 0.1) is 6.92 Å². The highest BCUT2D eigenvalue weighted by Gasteiger charge is 2.36. The number of aliphatic hydroxyl groups is 1. The van der Waals surface area contributed by atoms with Crippen LogP contribution in [0.4, 0.5) is 0 Å². The van der Waals surface area contributed by atoms with Gasteiger partial charge in [0.05, 0.1) is 6.61 Å². The van der Waals surface area contributed by atoms with E-state index in [2.05, 4.69) is 17.9 Å². The number of phenols is 1. The van der Waals surface area contributed by atoms with Gasteiger partial charge in [0.1, 0.15) is 5.75 Å². The van der Waals surface area contributed by atoms with E-state index in [1.54, 1.807) is 6.07 Å². The lowest BCUT2D eigenvalue weighted by Gasteiger charge is -2.36. The van der Waals surface area contributed by atoms with Gasteiger partial charge in [-0.05, 0) is 51.2 Å². The Morgan fingerprint density at radius 3 is 2.09 bits per heavy atom. The molecule has 2 aromatic rings. The van der Waals surface area contributed by atoms with Crippen molar-refractivity contribution >= 4 is 0 Å². The monoisotopic (exact) mass is 299 g/mol. The summed E-state index contributed by atoms with van der Waals surface area (Å²) < 4.78 is 0. The van der Waals surface area contributed by atoms with Gasteiger partial charge in [-0.15, -0.1) is 0 Å². The Kier molecular flexibility index (Phi) is 5.22. The lowest BCUT2D eigenvalue weighted by Crippen LogP contribution is -2.36. The van der Waals surface area contributed by atoms with Gasteiger partial charge in [-0.2, -0.15) is 0 Å². The van der Waals surface area contributed by atoms with Crippen LogP contribution >= 0.6 is 0 Å². The van der Waals surface area contributed by atoms with E-state index in [-0.39, 0.29) is 12.4 Å². The summed E-state index contributed by atoms with van der Waals surface area (Å²) in [5.74, 6) is 0.235. The first kappa shape index (κ1) is 16.5. The summed E-state index contributed by atoms with van der Waals surface area (Å²) in [6.07, 6.45) is 0.735. The predicted octanol–water partition coefficient (Wildman–Crippen LogP) is 2.93. The van der Waals surface area contributed by atoms with Gasteiger partial charge in [-0.25, -0.2) is 0 Å². The zero-order valence-electron chi connectivity index (χ0n) is 13.6. The van der Waals surface area contributed by atoms with Crippen LogP contribution in [0.25, 0.3) is 0 Å². The Hall–Kier alpha value is -1.84. The molecular formula is C19H25NO2. The summed E-state index contributed by atoms with van der Waals surface area (Å²) in [6.45, 7) is 2.84. The molecule has 0 amide bonds. The smallest absolute Gasteiger partial charge is 0.119 e.